The van der Waals surface area contributed by atoms with E-state index in [0.717, 1.165) is 25.0 Å². The molecule has 1 aliphatic carbocycles. The third kappa shape index (κ3) is 3.05. The van der Waals surface area contributed by atoms with Gasteiger partial charge in [0.1, 0.15) is 11.6 Å². The van der Waals surface area contributed by atoms with Gasteiger partial charge in [0.05, 0.1) is 11.6 Å². The zero-order valence-corrected chi connectivity index (χ0v) is 10.2. The molecule has 0 spiro atoms. The van der Waals surface area contributed by atoms with Crippen LogP contribution in [0.4, 0.5) is 8.78 Å². The van der Waals surface area contributed by atoms with E-state index in [1.54, 1.807) is 6.07 Å². The molecule has 1 saturated carbocycles. The first-order chi connectivity index (χ1) is 8.70. The van der Waals surface area contributed by atoms with Crippen LogP contribution in [0.3, 0.4) is 0 Å². The summed E-state index contributed by atoms with van der Waals surface area (Å²) in [5.41, 5.74) is 0.0472. The summed E-state index contributed by atoms with van der Waals surface area (Å²) in [5, 5.41) is 11.8. The van der Waals surface area contributed by atoms with E-state index in [4.69, 9.17) is 5.26 Å². The Morgan fingerprint density at radius 1 is 1.17 bits per heavy atom. The summed E-state index contributed by atoms with van der Waals surface area (Å²) in [5.74, 6) is -1.29. The molecule has 0 amide bonds. The predicted octanol–water partition coefficient (Wildman–Crippen LogP) is 3.26. The molecular formula is C14H16F2N2. The number of nitrogens with one attached hydrogen (secondary N) is 1. The number of nitriles is 1. The quantitative estimate of drug-likeness (QED) is 0.893. The van der Waals surface area contributed by atoms with Crippen LogP contribution in [0.1, 0.15) is 43.2 Å². The van der Waals surface area contributed by atoms with E-state index >= 15 is 0 Å². The van der Waals surface area contributed by atoms with Crippen molar-refractivity contribution < 1.29 is 8.78 Å². The highest BCUT2D eigenvalue weighted by atomic mass is 19.1. The molecule has 0 atom stereocenters. The number of nitrogens with zero attached hydrogens (tertiary/aromatic N) is 1. The number of halogens is 2. The predicted molar refractivity (Wildman–Crippen MR) is 64.8 cm³/mol. The van der Waals surface area contributed by atoms with Crippen LogP contribution in [0.2, 0.25) is 0 Å². The van der Waals surface area contributed by atoms with Gasteiger partial charge in [-0.05, 0) is 25.0 Å². The van der Waals surface area contributed by atoms with Gasteiger partial charge in [-0.1, -0.05) is 19.3 Å². The van der Waals surface area contributed by atoms with Gasteiger partial charge in [0.25, 0.3) is 0 Å². The molecule has 0 heterocycles. The van der Waals surface area contributed by atoms with Crippen LogP contribution in [-0.4, -0.2) is 6.04 Å². The van der Waals surface area contributed by atoms with Crippen LogP contribution in [-0.2, 0) is 6.54 Å². The van der Waals surface area contributed by atoms with Gasteiger partial charge in [0.2, 0.25) is 0 Å². The van der Waals surface area contributed by atoms with Crippen molar-refractivity contribution >= 4 is 0 Å². The molecule has 96 valence electrons. The van der Waals surface area contributed by atoms with Crippen molar-refractivity contribution in [1.29, 1.82) is 5.26 Å². The Labute approximate surface area is 106 Å². The summed E-state index contributed by atoms with van der Waals surface area (Å²) in [6, 6.07) is 4.26. The van der Waals surface area contributed by atoms with E-state index < -0.39 is 11.6 Å². The van der Waals surface area contributed by atoms with Gasteiger partial charge in [-0.15, -0.1) is 0 Å². The van der Waals surface area contributed by atoms with Crippen LogP contribution < -0.4 is 5.32 Å². The number of rotatable bonds is 3. The Balaban J connectivity index is 2.02. The Bertz CT molecular complexity index is 436. The molecule has 0 unspecified atom stereocenters. The van der Waals surface area contributed by atoms with Crippen molar-refractivity contribution in [1.82, 2.24) is 5.32 Å². The first-order valence-electron chi connectivity index (χ1n) is 6.32. The summed E-state index contributed by atoms with van der Waals surface area (Å²) in [4.78, 5) is 0. The second-order valence-electron chi connectivity index (χ2n) is 4.75. The number of benzene rings is 1. The SMILES string of the molecule is N#Cc1cc(F)c(CNC2CCCCC2)c(F)c1. The highest BCUT2D eigenvalue weighted by Gasteiger charge is 2.16. The minimum atomic E-state index is -0.644. The number of hydrogen-bond donors (Lipinski definition) is 1. The number of hydrogen-bond acceptors (Lipinski definition) is 2. The fourth-order valence-corrected chi connectivity index (χ4v) is 2.39. The molecular weight excluding hydrogens is 234 g/mol. The molecule has 2 rings (SSSR count). The Hall–Kier alpha value is -1.47. The van der Waals surface area contributed by atoms with E-state index in [1.807, 2.05) is 0 Å². The molecule has 1 aromatic rings. The smallest absolute Gasteiger partial charge is 0.131 e. The van der Waals surface area contributed by atoms with Crippen molar-refractivity contribution in [2.75, 3.05) is 0 Å². The topological polar surface area (TPSA) is 35.8 Å². The Morgan fingerprint density at radius 3 is 2.33 bits per heavy atom. The molecule has 1 aromatic carbocycles. The molecule has 2 nitrogen and oxygen atoms in total. The van der Waals surface area contributed by atoms with Gasteiger partial charge in [-0.25, -0.2) is 8.78 Å². The zero-order chi connectivity index (χ0) is 13.0. The maximum Gasteiger partial charge on any atom is 0.131 e. The van der Waals surface area contributed by atoms with Crippen molar-refractivity contribution in [2.45, 2.75) is 44.7 Å². The normalized spacial score (nSPS) is 16.5. The fourth-order valence-electron chi connectivity index (χ4n) is 2.39. The molecule has 0 radical (unpaired) electrons. The molecule has 18 heavy (non-hydrogen) atoms. The van der Waals surface area contributed by atoms with E-state index in [-0.39, 0.29) is 17.7 Å². The van der Waals surface area contributed by atoms with Crippen molar-refractivity contribution in [3.8, 4) is 6.07 Å². The fraction of sp³-hybridized carbons (Fsp3) is 0.500. The largest absolute Gasteiger partial charge is 0.310 e. The second kappa shape index (κ2) is 5.92. The first-order valence-corrected chi connectivity index (χ1v) is 6.32. The highest BCUT2D eigenvalue weighted by molar-refractivity contribution is 5.34. The van der Waals surface area contributed by atoms with Crippen molar-refractivity contribution in [3.05, 3.63) is 34.9 Å². The minimum absolute atomic E-state index is 0.0198. The lowest BCUT2D eigenvalue weighted by Crippen LogP contribution is -2.31. The third-order valence-corrected chi connectivity index (χ3v) is 3.44. The average molecular weight is 250 g/mol. The maximum absolute atomic E-state index is 13.6. The zero-order valence-electron chi connectivity index (χ0n) is 10.2. The maximum atomic E-state index is 13.6. The minimum Gasteiger partial charge on any atom is -0.310 e. The molecule has 1 fully saturated rings. The van der Waals surface area contributed by atoms with Crippen LogP contribution in [0.15, 0.2) is 12.1 Å². The lowest BCUT2D eigenvalue weighted by Gasteiger charge is -2.23. The molecule has 0 aromatic heterocycles. The van der Waals surface area contributed by atoms with Crippen molar-refractivity contribution in [3.63, 3.8) is 0 Å². The monoisotopic (exact) mass is 250 g/mol. The average Bonchev–Trinajstić information content (AvgIpc) is 2.38. The molecule has 0 aliphatic heterocycles. The van der Waals surface area contributed by atoms with Crippen LogP contribution in [0.25, 0.3) is 0 Å². The highest BCUT2D eigenvalue weighted by Crippen LogP contribution is 2.19. The van der Waals surface area contributed by atoms with Crippen molar-refractivity contribution in [2.24, 2.45) is 0 Å². The van der Waals surface area contributed by atoms with Crippen LogP contribution in [0.5, 0.6) is 0 Å². The summed E-state index contributed by atoms with van der Waals surface area (Å²) in [6.07, 6.45) is 5.74. The van der Waals surface area contributed by atoms with Crippen LogP contribution >= 0.6 is 0 Å². The van der Waals surface area contributed by atoms with E-state index in [9.17, 15) is 8.78 Å². The second-order valence-corrected chi connectivity index (χ2v) is 4.75. The van der Waals surface area contributed by atoms with Gasteiger partial charge >= 0.3 is 0 Å². The molecule has 0 saturated heterocycles. The lowest BCUT2D eigenvalue weighted by molar-refractivity contribution is 0.367. The van der Waals surface area contributed by atoms with Gasteiger partial charge in [-0.2, -0.15) is 5.26 Å². The Morgan fingerprint density at radius 2 is 1.78 bits per heavy atom. The third-order valence-electron chi connectivity index (χ3n) is 3.44. The molecule has 4 heteroatoms. The van der Waals surface area contributed by atoms with Gasteiger partial charge in [0.15, 0.2) is 0 Å². The molecule has 1 N–H and O–H groups in total. The standard InChI is InChI=1S/C14H16F2N2/c15-13-6-10(8-17)7-14(16)12(13)9-18-11-4-2-1-3-5-11/h6-7,11,18H,1-5,9H2. The van der Waals surface area contributed by atoms with E-state index in [1.165, 1.54) is 19.3 Å². The summed E-state index contributed by atoms with van der Waals surface area (Å²) >= 11 is 0. The summed E-state index contributed by atoms with van der Waals surface area (Å²) in [6.45, 7) is 0.189. The first kappa shape index (κ1) is 13.0. The summed E-state index contributed by atoms with van der Waals surface area (Å²) < 4.78 is 27.2. The molecule has 0 bridgehead atoms. The molecule has 1 aliphatic rings. The lowest BCUT2D eigenvalue weighted by atomic mass is 9.95. The van der Waals surface area contributed by atoms with E-state index in [2.05, 4.69) is 5.32 Å². The van der Waals surface area contributed by atoms with E-state index in [0.29, 0.717) is 6.04 Å². The van der Waals surface area contributed by atoms with Gasteiger partial charge in [0, 0.05) is 18.2 Å². The Kier molecular flexibility index (Phi) is 4.27. The van der Waals surface area contributed by atoms with Gasteiger partial charge in [-0.3, -0.25) is 0 Å². The van der Waals surface area contributed by atoms with Gasteiger partial charge < -0.3 is 5.32 Å². The van der Waals surface area contributed by atoms with Crippen LogP contribution in [0, 0.1) is 23.0 Å². The summed E-state index contributed by atoms with van der Waals surface area (Å²) in [7, 11) is 0.